The van der Waals surface area contributed by atoms with Gasteiger partial charge in [0.15, 0.2) is 6.29 Å². The molecule has 4 nitrogen and oxygen atoms in total. The van der Waals surface area contributed by atoms with E-state index in [-0.39, 0.29) is 23.9 Å². The first-order chi connectivity index (χ1) is 12.4. The Kier molecular flexibility index (Phi) is 5.83. The summed E-state index contributed by atoms with van der Waals surface area (Å²) in [4.78, 5) is 4.75. The zero-order valence-corrected chi connectivity index (χ0v) is 16.4. The van der Waals surface area contributed by atoms with Crippen LogP contribution in [0.15, 0.2) is 41.9 Å². The van der Waals surface area contributed by atoms with Gasteiger partial charge in [0.1, 0.15) is 6.61 Å². The van der Waals surface area contributed by atoms with Gasteiger partial charge >= 0.3 is 0 Å². The van der Waals surface area contributed by atoms with E-state index in [1.165, 1.54) is 0 Å². The number of hydrogen-bond donors (Lipinski definition) is 0. The second-order valence-electron chi connectivity index (χ2n) is 8.38. The summed E-state index contributed by atoms with van der Waals surface area (Å²) in [5.74, 6) is 1.17. The van der Waals surface area contributed by atoms with E-state index >= 15 is 0 Å². The van der Waals surface area contributed by atoms with Gasteiger partial charge in [0.2, 0.25) is 5.90 Å². The maximum atomic E-state index is 6.09. The molecule has 1 fully saturated rings. The second kappa shape index (κ2) is 7.93. The Balaban J connectivity index is 1.63. The molecule has 4 atom stereocenters. The van der Waals surface area contributed by atoms with Gasteiger partial charge in [0, 0.05) is 17.0 Å². The molecule has 0 bridgehead atoms. The Bertz CT molecular complexity index is 644. The van der Waals surface area contributed by atoms with Crippen LogP contribution in [0, 0.1) is 11.3 Å². The van der Waals surface area contributed by atoms with Crippen LogP contribution in [0.25, 0.3) is 0 Å². The highest BCUT2D eigenvalue weighted by atomic mass is 16.7. The number of rotatable bonds is 5. The van der Waals surface area contributed by atoms with Gasteiger partial charge < -0.3 is 14.2 Å². The van der Waals surface area contributed by atoms with E-state index in [0.717, 1.165) is 36.5 Å². The van der Waals surface area contributed by atoms with Gasteiger partial charge in [-0.15, -0.1) is 6.58 Å². The van der Waals surface area contributed by atoms with E-state index in [1.54, 1.807) is 0 Å². The molecule has 1 aromatic rings. The van der Waals surface area contributed by atoms with E-state index in [2.05, 4.69) is 34.3 Å². The average molecular weight is 357 g/mol. The predicted molar refractivity (Wildman–Crippen MR) is 104 cm³/mol. The van der Waals surface area contributed by atoms with E-state index in [1.807, 2.05) is 30.3 Å². The van der Waals surface area contributed by atoms with E-state index in [0.29, 0.717) is 12.5 Å². The van der Waals surface area contributed by atoms with E-state index in [4.69, 9.17) is 19.2 Å². The Labute approximate surface area is 157 Å². The largest absolute Gasteiger partial charge is 0.475 e. The minimum absolute atomic E-state index is 0.115. The van der Waals surface area contributed by atoms with Crippen molar-refractivity contribution < 1.29 is 14.2 Å². The quantitative estimate of drug-likeness (QED) is 0.704. The average Bonchev–Trinajstić information content (AvgIpc) is 3.11. The fourth-order valence-electron chi connectivity index (χ4n) is 3.27. The highest BCUT2D eigenvalue weighted by Crippen LogP contribution is 2.32. The third-order valence-electron chi connectivity index (χ3n) is 5.29. The summed E-state index contributed by atoms with van der Waals surface area (Å²) < 4.78 is 17.9. The van der Waals surface area contributed by atoms with Gasteiger partial charge in [-0.25, -0.2) is 4.99 Å². The normalized spacial score (nSPS) is 29.2. The van der Waals surface area contributed by atoms with E-state index < -0.39 is 0 Å². The van der Waals surface area contributed by atoms with Gasteiger partial charge in [-0.2, -0.15) is 0 Å². The maximum Gasteiger partial charge on any atom is 0.216 e. The van der Waals surface area contributed by atoms with Crippen LogP contribution < -0.4 is 0 Å². The molecule has 2 aliphatic rings. The van der Waals surface area contributed by atoms with Crippen molar-refractivity contribution in [1.82, 2.24) is 0 Å². The number of nitrogens with zero attached hydrogens (tertiary/aromatic N) is 1. The summed E-state index contributed by atoms with van der Waals surface area (Å²) in [6.45, 7) is 13.9. The minimum Gasteiger partial charge on any atom is -0.475 e. The number of ether oxygens (including phenoxy) is 3. The predicted octanol–water partition coefficient (Wildman–Crippen LogP) is 4.89. The Morgan fingerprint density at radius 1 is 1.19 bits per heavy atom. The summed E-state index contributed by atoms with van der Waals surface area (Å²) in [5.41, 5.74) is 2.16. The smallest absolute Gasteiger partial charge is 0.216 e. The van der Waals surface area contributed by atoms with Crippen LogP contribution in [0.2, 0.25) is 0 Å². The molecule has 26 heavy (non-hydrogen) atoms. The van der Waals surface area contributed by atoms with Gasteiger partial charge in [-0.1, -0.05) is 39.0 Å². The summed E-state index contributed by atoms with van der Waals surface area (Å²) in [5, 5.41) is 0. The van der Waals surface area contributed by atoms with Crippen molar-refractivity contribution in [3.05, 3.63) is 48.0 Å². The SMILES string of the molecule is C=CCC[C@H]1CO[C@H](c2ccc(C3=N[C@H](C(C)(C)C)CO3)cc2)O[C@@H]1C. The molecule has 0 N–H and O–H groups in total. The lowest BCUT2D eigenvalue weighted by atomic mass is 9.88. The zero-order valence-electron chi connectivity index (χ0n) is 16.4. The molecular weight excluding hydrogens is 326 g/mol. The fourth-order valence-corrected chi connectivity index (χ4v) is 3.27. The first-order valence-corrected chi connectivity index (χ1v) is 9.57. The molecule has 0 amide bonds. The Morgan fingerprint density at radius 3 is 2.50 bits per heavy atom. The molecule has 2 aliphatic heterocycles. The van der Waals surface area contributed by atoms with Crippen molar-refractivity contribution in [2.45, 2.75) is 59.0 Å². The molecule has 0 aromatic heterocycles. The lowest BCUT2D eigenvalue weighted by Crippen LogP contribution is -2.34. The summed E-state index contributed by atoms with van der Waals surface area (Å²) in [6, 6.07) is 8.39. The van der Waals surface area contributed by atoms with Gasteiger partial charge in [-0.05, 0) is 37.3 Å². The maximum absolute atomic E-state index is 6.09. The first kappa shape index (κ1) is 19.1. The van der Waals surface area contributed by atoms with Crippen molar-refractivity contribution in [2.24, 2.45) is 16.3 Å². The minimum atomic E-state index is -0.298. The molecule has 0 spiro atoms. The van der Waals surface area contributed by atoms with Crippen LogP contribution in [0.4, 0.5) is 0 Å². The topological polar surface area (TPSA) is 40.0 Å². The van der Waals surface area contributed by atoms with Crippen molar-refractivity contribution in [3.8, 4) is 0 Å². The van der Waals surface area contributed by atoms with Crippen molar-refractivity contribution in [2.75, 3.05) is 13.2 Å². The monoisotopic (exact) mass is 357 g/mol. The molecule has 2 heterocycles. The second-order valence-corrected chi connectivity index (χ2v) is 8.38. The molecule has 0 unspecified atom stereocenters. The molecule has 4 heteroatoms. The van der Waals surface area contributed by atoms with Crippen molar-refractivity contribution in [1.29, 1.82) is 0 Å². The van der Waals surface area contributed by atoms with Crippen molar-refractivity contribution >= 4 is 5.90 Å². The van der Waals surface area contributed by atoms with E-state index in [9.17, 15) is 0 Å². The fraction of sp³-hybridized carbons (Fsp3) is 0.591. The van der Waals surface area contributed by atoms with Crippen LogP contribution in [-0.2, 0) is 14.2 Å². The third kappa shape index (κ3) is 4.36. The Morgan fingerprint density at radius 2 is 1.92 bits per heavy atom. The molecule has 0 saturated carbocycles. The highest BCUT2D eigenvalue weighted by molar-refractivity contribution is 5.95. The first-order valence-electron chi connectivity index (χ1n) is 9.57. The third-order valence-corrected chi connectivity index (χ3v) is 5.29. The number of hydrogen-bond acceptors (Lipinski definition) is 4. The summed E-state index contributed by atoms with van der Waals surface area (Å²) >= 11 is 0. The standard InChI is InChI=1S/C22H31NO3/c1-6-7-8-18-13-25-21(26-15(18)2)17-11-9-16(10-12-17)20-23-19(14-24-20)22(3,4)5/h6,9-12,15,18-19,21H,1,7-8,13-14H2,2-5H3/t15-,18+,19+,21+/m1/s1. The van der Waals surface area contributed by atoms with Gasteiger partial charge in [0.25, 0.3) is 0 Å². The number of allylic oxidation sites excluding steroid dienone is 1. The molecule has 142 valence electrons. The van der Waals surface area contributed by atoms with Crippen LogP contribution in [-0.4, -0.2) is 31.3 Å². The lowest BCUT2D eigenvalue weighted by Gasteiger charge is -2.35. The Hall–Kier alpha value is -1.65. The van der Waals surface area contributed by atoms with Crippen molar-refractivity contribution in [3.63, 3.8) is 0 Å². The van der Waals surface area contributed by atoms with Crippen LogP contribution in [0.1, 0.15) is 58.0 Å². The summed E-state index contributed by atoms with van der Waals surface area (Å²) in [7, 11) is 0. The summed E-state index contributed by atoms with van der Waals surface area (Å²) in [6.07, 6.45) is 3.90. The van der Waals surface area contributed by atoms with Crippen LogP contribution in [0.3, 0.4) is 0 Å². The highest BCUT2D eigenvalue weighted by Gasteiger charge is 2.31. The molecule has 0 aliphatic carbocycles. The van der Waals surface area contributed by atoms with Crippen LogP contribution >= 0.6 is 0 Å². The molecule has 0 radical (unpaired) electrons. The number of benzene rings is 1. The molecule has 1 saturated heterocycles. The molecule has 3 rings (SSSR count). The molecule has 1 aromatic carbocycles. The zero-order chi connectivity index (χ0) is 18.7. The number of aliphatic imine (C=N–C) groups is 1. The van der Waals surface area contributed by atoms with Crippen LogP contribution in [0.5, 0.6) is 0 Å². The van der Waals surface area contributed by atoms with Gasteiger partial charge in [-0.3, -0.25) is 0 Å². The molecular formula is C22H31NO3. The van der Waals surface area contributed by atoms with Gasteiger partial charge in [0.05, 0.1) is 18.8 Å². The lowest BCUT2D eigenvalue weighted by molar-refractivity contribution is -0.237.